The number of hydrogen-bond acceptors (Lipinski definition) is 4. The predicted octanol–water partition coefficient (Wildman–Crippen LogP) is 4.49. The van der Waals surface area contributed by atoms with Crippen LogP contribution in [0.15, 0.2) is 22.9 Å². The summed E-state index contributed by atoms with van der Waals surface area (Å²) in [7, 11) is 1.32. The van der Waals surface area contributed by atoms with Crippen LogP contribution in [0.1, 0.15) is 66.2 Å². The van der Waals surface area contributed by atoms with Crippen LogP contribution in [0.5, 0.6) is 0 Å². The van der Waals surface area contributed by atoms with Gasteiger partial charge < -0.3 is 10.1 Å². The molecule has 0 aromatic carbocycles. The normalized spacial score (nSPS) is 19.8. The van der Waals surface area contributed by atoms with Gasteiger partial charge in [0.15, 0.2) is 0 Å². The van der Waals surface area contributed by atoms with Crippen LogP contribution in [-0.2, 0) is 9.53 Å². The molecule has 1 aliphatic rings. The van der Waals surface area contributed by atoms with Gasteiger partial charge in [0.1, 0.15) is 11.6 Å². The average molecular weight is 332 g/mol. The van der Waals surface area contributed by atoms with E-state index in [4.69, 9.17) is 4.74 Å². The third-order valence-corrected chi connectivity index (χ3v) is 4.67. The number of rotatable bonds is 8. The van der Waals surface area contributed by atoms with E-state index in [1.165, 1.54) is 26.4 Å². The lowest BCUT2D eigenvalue weighted by molar-refractivity contribution is -0.135. The van der Waals surface area contributed by atoms with Gasteiger partial charge in [0, 0.05) is 12.2 Å². The van der Waals surface area contributed by atoms with E-state index >= 15 is 0 Å². The maximum atomic E-state index is 11.8. The first-order valence-corrected chi connectivity index (χ1v) is 9.02. The van der Waals surface area contributed by atoms with E-state index in [-0.39, 0.29) is 11.0 Å². The van der Waals surface area contributed by atoms with E-state index in [0.717, 1.165) is 30.7 Å². The van der Waals surface area contributed by atoms with Gasteiger partial charge in [0.2, 0.25) is 0 Å². The summed E-state index contributed by atoms with van der Waals surface area (Å²) < 4.78 is 4.75. The number of carbonyl (C=O) groups excluding carboxylic acids is 1. The monoisotopic (exact) mass is 332 g/mol. The van der Waals surface area contributed by atoms with Gasteiger partial charge in [-0.1, -0.05) is 47.0 Å². The molecular weight excluding hydrogens is 300 g/mol. The first kappa shape index (κ1) is 20.3. The topological polar surface area (TPSA) is 62.1 Å². The lowest BCUT2D eigenvalue weighted by Gasteiger charge is -2.32. The lowest BCUT2D eigenvalue weighted by atomic mass is 9.76. The van der Waals surface area contributed by atoms with E-state index in [1.807, 2.05) is 12.1 Å². The maximum absolute atomic E-state index is 11.8. The number of unbranched alkanes of at least 4 members (excludes halogenated alkanes) is 1. The van der Waals surface area contributed by atoms with Crippen LogP contribution in [-0.4, -0.2) is 19.6 Å². The number of carbonyl (C=O) groups is 1. The number of nitriles is 1. The van der Waals surface area contributed by atoms with Crippen molar-refractivity contribution in [2.75, 3.05) is 13.7 Å². The minimum absolute atomic E-state index is 0.0215. The second-order valence-corrected chi connectivity index (χ2v) is 7.49. The van der Waals surface area contributed by atoms with Crippen LogP contribution < -0.4 is 5.32 Å². The van der Waals surface area contributed by atoms with Crippen molar-refractivity contribution in [1.82, 2.24) is 5.32 Å². The fourth-order valence-corrected chi connectivity index (χ4v) is 3.25. The molecule has 1 atom stereocenters. The minimum Gasteiger partial charge on any atom is -0.465 e. The molecule has 0 amide bonds. The zero-order valence-electron chi connectivity index (χ0n) is 15.9. The Bertz CT molecular complexity index is 538. The van der Waals surface area contributed by atoms with Gasteiger partial charge in [-0.2, -0.15) is 5.26 Å². The molecule has 0 bridgehead atoms. The highest BCUT2D eigenvalue weighted by atomic mass is 16.5. The minimum atomic E-state index is -0.546. The molecule has 4 heteroatoms. The number of nitrogens with zero attached hydrogens (tertiary/aromatic N) is 1. The summed E-state index contributed by atoms with van der Waals surface area (Å²) in [6.07, 6.45) is 8.51. The number of nitrogens with one attached hydrogen (secondary N) is 1. The van der Waals surface area contributed by atoms with Crippen LogP contribution in [0, 0.1) is 22.7 Å². The highest BCUT2D eigenvalue weighted by molar-refractivity contribution is 5.94. The summed E-state index contributed by atoms with van der Waals surface area (Å²) in [5.74, 6) is 0.120. The summed E-state index contributed by atoms with van der Waals surface area (Å²) in [6.45, 7) is 9.74. The number of methoxy groups -OCH3 is 1. The first-order valence-electron chi connectivity index (χ1n) is 9.02. The Balaban J connectivity index is 2.94. The largest absolute Gasteiger partial charge is 0.465 e. The maximum Gasteiger partial charge on any atom is 0.348 e. The Hall–Kier alpha value is -1.76. The van der Waals surface area contributed by atoms with Gasteiger partial charge in [0.25, 0.3) is 0 Å². The number of esters is 1. The SMILES string of the molecule is CCCCC(CC)CNC1=C/C(=C(/C#N)C(=O)OC)CC(C)(C)C1. The number of hydrogen-bond donors (Lipinski definition) is 1. The van der Waals surface area contributed by atoms with Crippen LogP contribution in [0.2, 0.25) is 0 Å². The molecule has 1 unspecified atom stereocenters. The number of ether oxygens (including phenoxy) is 1. The second kappa shape index (κ2) is 9.52. The first-order chi connectivity index (χ1) is 11.4. The summed E-state index contributed by atoms with van der Waals surface area (Å²) in [5.41, 5.74) is 2.05. The molecule has 24 heavy (non-hydrogen) atoms. The molecule has 1 rings (SSSR count). The summed E-state index contributed by atoms with van der Waals surface area (Å²) in [5, 5.41) is 12.9. The van der Waals surface area contributed by atoms with E-state index in [0.29, 0.717) is 12.3 Å². The van der Waals surface area contributed by atoms with Gasteiger partial charge in [0.05, 0.1) is 7.11 Å². The van der Waals surface area contributed by atoms with E-state index in [1.54, 1.807) is 0 Å². The molecule has 1 N–H and O–H groups in total. The highest BCUT2D eigenvalue weighted by Crippen LogP contribution is 2.38. The quantitative estimate of drug-likeness (QED) is 0.404. The van der Waals surface area contributed by atoms with Gasteiger partial charge >= 0.3 is 5.97 Å². The molecule has 0 fully saturated rings. The fraction of sp³-hybridized carbons (Fsp3) is 0.700. The Morgan fingerprint density at radius 2 is 2.12 bits per heavy atom. The Labute approximate surface area is 147 Å². The van der Waals surface area contributed by atoms with Crippen molar-refractivity contribution in [3.63, 3.8) is 0 Å². The van der Waals surface area contributed by atoms with Crippen LogP contribution in [0.3, 0.4) is 0 Å². The van der Waals surface area contributed by atoms with E-state index in [9.17, 15) is 10.1 Å². The molecule has 0 saturated heterocycles. The molecule has 0 saturated carbocycles. The molecule has 1 aliphatic carbocycles. The molecule has 0 heterocycles. The molecule has 0 radical (unpaired) electrons. The predicted molar refractivity (Wildman–Crippen MR) is 97.1 cm³/mol. The molecule has 0 spiro atoms. The van der Waals surface area contributed by atoms with Crippen molar-refractivity contribution in [2.24, 2.45) is 11.3 Å². The second-order valence-electron chi connectivity index (χ2n) is 7.49. The van der Waals surface area contributed by atoms with Crippen molar-refractivity contribution >= 4 is 5.97 Å². The Kier molecular flexibility index (Phi) is 8.04. The average Bonchev–Trinajstić information content (AvgIpc) is 2.54. The van der Waals surface area contributed by atoms with Crippen LogP contribution in [0.4, 0.5) is 0 Å². The molecular formula is C20H32N2O2. The van der Waals surface area contributed by atoms with Crippen molar-refractivity contribution in [1.29, 1.82) is 5.26 Å². The zero-order chi connectivity index (χ0) is 18.2. The van der Waals surface area contributed by atoms with Crippen molar-refractivity contribution in [2.45, 2.75) is 66.2 Å². The van der Waals surface area contributed by atoms with Gasteiger partial charge in [-0.15, -0.1) is 0 Å². The Morgan fingerprint density at radius 3 is 2.67 bits per heavy atom. The van der Waals surface area contributed by atoms with E-state index in [2.05, 4.69) is 33.0 Å². The van der Waals surface area contributed by atoms with Gasteiger partial charge in [-0.3, -0.25) is 0 Å². The zero-order valence-corrected chi connectivity index (χ0v) is 15.9. The standard InChI is InChI=1S/C20H32N2O2/c1-6-8-9-15(7-2)14-22-17-10-16(11-20(3,4)12-17)18(13-21)19(23)24-5/h10,15,22H,6-9,11-12,14H2,1-5H3/b18-16+. The van der Waals surface area contributed by atoms with Crippen molar-refractivity contribution < 1.29 is 9.53 Å². The third kappa shape index (κ3) is 6.03. The lowest BCUT2D eigenvalue weighted by Crippen LogP contribution is -2.29. The summed E-state index contributed by atoms with van der Waals surface area (Å²) >= 11 is 0. The molecule has 134 valence electrons. The highest BCUT2D eigenvalue weighted by Gasteiger charge is 2.29. The Morgan fingerprint density at radius 1 is 1.42 bits per heavy atom. The van der Waals surface area contributed by atoms with Gasteiger partial charge in [-0.25, -0.2) is 4.79 Å². The van der Waals surface area contributed by atoms with Crippen LogP contribution >= 0.6 is 0 Å². The smallest absolute Gasteiger partial charge is 0.348 e. The fourth-order valence-electron chi connectivity index (χ4n) is 3.25. The molecule has 0 aliphatic heterocycles. The van der Waals surface area contributed by atoms with E-state index < -0.39 is 5.97 Å². The van der Waals surface area contributed by atoms with Gasteiger partial charge in [-0.05, 0) is 42.2 Å². The van der Waals surface area contributed by atoms with Crippen molar-refractivity contribution in [3.05, 3.63) is 22.9 Å². The summed E-state index contributed by atoms with van der Waals surface area (Å²) in [6, 6.07) is 2.02. The molecule has 0 aromatic rings. The third-order valence-electron chi connectivity index (χ3n) is 4.67. The molecule has 0 aromatic heterocycles. The summed E-state index contributed by atoms with van der Waals surface area (Å²) in [4.78, 5) is 11.8. The molecule has 4 nitrogen and oxygen atoms in total. The van der Waals surface area contributed by atoms with Crippen LogP contribution in [0.25, 0.3) is 0 Å². The number of allylic oxidation sites excluding steroid dienone is 3. The van der Waals surface area contributed by atoms with Crippen molar-refractivity contribution in [3.8, 4) is 6.07 Å².